The van der Waals surface area contributed by atoms with Gasteiger partial charge in [-0.3, -0.25) is 25.0 Å². The first-order valence-corrected chi connectivity index (χ1v) is 13.7. The Morgan fingerprint density at radius 3 is 1.95 bits per heavy atom. The van der Waals surface area contributed by atoms with E-state index in [-0.39, 0.29) is 10.6 Å². The Balaban J connectivity index is 1.65. The molecule has 0 aliphatic carbocycles. The lowest BCUT2D eigenvalue weighted by molar-refractivity contribution is 0.0694. The smallest absolute Gasteiger partial charge is 0.338 e. The maximum absolute atomic E-state index is 13.1. The average Bonchev–Trinajstić information content (AvgIpc) is 2.92. The van der Waals surface area contributed by atoms with E-state index in [9.17, 15) is 32.5 Å². The molecule has 4 N–H and O–H groups in total. The number of aryl methyl sites for hydroxylation is 3. The van der Waals surface area contributed by atoms with Crippen LogP contribution in [0, 0.1) is 20.8 Å². The van der Waals surface area contributed by atoms with Gasteiger partial charge in [0.25, 0.3) is 10.1 Å². The molecule has 0 spiro atoms. The number of hydrogen-bond acceptors (Lipinski definition) is 11. The van der Waals surface area contributed by atoms with Gasteiger partial charge in [0.2, 0.25) is 10.9 Å². The predicted molar refractivity (Wildman–Crippen MR) is 154 cm³/mol. The van der Waals surface area contributed by atoms with Gasteiger partial charge in [-0.2, -0.15) is 23.7 Å². The summed E-state index contributed by atoms with van der Waals surface area (Å²) >= 11 is 0. The van der Waals surface area contributed by atoms with Gasteiger partial charge in [0.05, 0.1) is 22.6 Å². The number of rotatable bonds is 8. The summed E-state index contributed by atoms with van der Waals surface area (Å²) in [5.74, 6) is -1.50. The number of aromatic carboxylic acids is 1. The Bertz CT molecular complexity index is 2070. The van der Waals surface area contributed by atoms with Crippen molar-refractivity contribution in [3.05, 3.63) is 120 Å². The maximum Gasteiger partial charge on any atom is 0.338 e. The van der Waals surface area contributed by atoms with Crippen molar-refractivity contribution < 1.29 is 22.9 Å². The van der Waals surface area contributed by atoms with Crippen molar-refractivity contribution in [2.24, 2.45) is 20.4 Å². The highest BCUT2D eigenvalue weighted by atomic mass is 32.2. The third-order valence-electron chi connectivity index (χ3n) is 5.93. The first kappa shape index (κ1) is 29.6. The van der Waals surface area contributed by atoms with Crippen molar-refractivity contribution in [3.8, 4) is 0 Å². The zero-order valence-corrected chi connectivity index (χ0v) is 23.3. The largest absolute Gasteiger partial charge is 0.478 e. The van der Waals surface area contributed by atoms with Crippen LogP contribution < -0.4 is 32.4 Å². The molecule has 0 heterocycles. The van der Waals surface area contributed by atoms with E-state index in [0.717, 1.165) is 11.6 Å². The quantitative estimate of drug-likeness (QED) is 0.135. The minimum atomic E-state index is -4.52. The van der Waals surface area contributed by atoms with Gasteiger partial charge in [-0.25, -0.2) is 4.79 Å². The standard InChI is InChI=1S/C28H24N6O7S/c1-15-4-7-18(8-5-15)29-33-25-20(28(37)38)14-23(35)26(27(25)36)34-30-19-9-11-21(17(3)13-19)31-32-22-10-6-16(2)12-24(22)42(39,40)41/h4-14,29-30H,1-3H3,(H,37,38)(H,39,40,41). The van der Waals surface area contributed by atoms with Crippen LogP contribution in [-0.2, 0) is 10.1 Å². The maximum atomic E-state index is 13.1. The third kappa shape index (κ3) is 6.86. The van der Waals surface area contributed by atoms with E-state index in [1.54, 1.807) is 50.2 Å². The summed E-state index contributed by atoms with van der Waals surface area (Å²) in [6.45, 7) is 5.24. The average molecular weight is 589 g/mol. The Morgan fingerprint density at radius 1 is 0.738 bits per heavy atom. The molecule has 4 rings (SSSR count). The third-order valence-corrected chi connectivity index (χ3v) is 6.81. The van der Waals surface area contributed by atoms with E-state index in [2.05, 4.69) is 31.3 Å². The van der Waals surface area contributed by atoms with Gasteiger partial charge in [-0.05, 0) is 74.4 Å². The molecule has 214 valence electrons. The van der Waals surface area contributed by atoms with E-state index in [4.69, 9.17) is 0 Å². The number of anilines is 2. The highest BCUT2D eigenvalue weighted by Crippen LogP contribution is 2.29. The molecule has 0 aromatic heterocycles. The molecule has 42 heavy (non-hydrogen) atoms. The monoisotopic (exact) mass is 588 g/mol. The first-order chi connectivity index (χ1) is 19.8. The van der Waals surface area contributed by atoms with Crippen molar-refractivity contribution in [3.63, 3.8) is 0 Å². The minimum Gasteiger partial charge on any atom is -0.478 e. The van der Waals surface area contributed by atoms with Crippen LogP contribution in [0.4, 0.5) is 22.7 Å². The number of carbonyl (C=O) groups is 1. The number of azo groups is 1. The van der Waals surface area contributed by atoms with Crippen molar-refractivity contribution in [1.82, 2.24) is 0 Å². The number of hydrogen-bond donors (Lipinski definition) is 4. The Labute approximate surface area is 238 Å². The second-order valence-corrected chi connectivity index (χ2v) is 10.6. The fraction of sp³-hybridized carbons (Fsp3) is 0.107. The summed E-state index contributed by atoms with van der Waals surface area (Å²) in [5.41, 5.74) is 6.13. The summed E-state index contributed by atoms with van der Waals surface area (Å²) in [6, 6.07) is 16.7. The van der Waals surface area contributed by atoms with Crippen LogP contribution in [0.2, 0.25) is 0 Å². The van der Waals surface area contributed by atoms with Gasteiger partial charge < -0.3 is 5.11 Å². The normalized spacial score (nSPS) is 12.6. The molecule has 13 nitrogen and oxygen atoms in total. The van der Waals surface area contributed by atoms with Crippen LogP contribution in [0.3, 0.4) is 0 Å². The molecule has 0 bridgehead atoms. The second-order valence-electron chi connectivity index (χ2n) is 9.21. The number of nitrogens with one attached hydrogen (secondary N) is 2. The lowest BCUT2D eigenvalue weighted by atomic mass is 10.2. The van der Waals surface area contributed by atoms with Crippen molar-refractivity contribution in [2.75, 3.05) is 10.9 Å². The van der Waals surface area contributed by atoms with Gasteiger partial charge in [0.1, 0.15) is 15.9 Å². The van der Waals surface area contributed by atoms with Crippen molar-refractivity contribution in [2.45, 2.75) is 25.7 Å². The number of carboxylic acids is 1. The minimum absolute atomic E-state index is 0.0476. The molecule has 0 fully saturated rings. The van der Waals surface area contributed by atoms with Gasteiger partial charge in [0.15, 0.2) is 5.36 Å². The number of carboxylic acid groups (broad SMARTS) is 1. The van der Waals surface area contributed by atoms with E-state index in [1.165, 1.54) is 24.3 Å². The zero-order valence-electron chi connectivity index (χ0n) is 22.5. The van der Waals surface area contributed by atoms with Crippen LogP contribution in [0.5, 0.6) is 0 Å². The summed E-state index contributed by atoms with van der Waals surface area (Å²) in [5, 5.41) is 24.3. The topological polar surface area (TPSA) is 199 Å². The highest BCUT2D eigenvalue weighted by molar-refractivity contribution is 7.86. The molecule has 0 aliphatic rings. The van der Waals surface area contributed by atoms with Gasteiger partial charge >= 0.3 is 5.97 Å². The van der Waals surface area contributed by atoms with Crippen LogP contribution in [0.25, 0.3) is 0 Å². The van der Waals surface area contributed by atoms with E-state index >= 15 is 0 Å². The number of nitrogens with zero attached hydrogens (tertiary/aromatic N) is 4. The lowest BCUT2D eigenvalue weighted by Crippen LogP contribution is -2.50. The van der Waals surface area contributed by atoms with Crippen LogP contribution in [-0.4, -0.2) is 24.0 Å². The molecule has 4 aromatic carbocycles. The van der Waals surface area contributed by atoms with E-state index in [1.807, 2.05) is 6.92 Å². The Kier molecular flexibility index (Phi) is 8.49. The summed E-state index contributed by atoms with van der Waals surface area (Å²) in [6.07, 6.45) is 0. The molecule has 0 aliphatic heterocycles. The highest BCUT2D eigenvalue weighted by Gasteiger charge is 2.16. The summed E-state index contributed by atoms with van der Waals surface area (Å²) < 4.78 is 32.9. The molecule has 14 heteroatoms. The second kappa shape index (κ2) is 12.0. The van der Waals surface area contributed by atoms with E-state index in [0.29, 0.717) is 28.2 Å². The SMILES string of the molecule is Cc1ccc(NN=c2c(C(=O)O)cc(=O)c(=NNc3ccc(N=Nc4ccc(C)cc4S(=O)(=O)O)c(C)c3)c2=O)cc1. The predicted octanol–water partition coefficient (Wildman–Crippen LogP) is 3.42. The van der Waals surface area contributed by atoms with Crippen molar-refractivity contribution >= 4 is 38.8 Å². The molecule has 0 unspecified atom stereocenters. The van der Waals surface area contributed by atoms with Crippen LogP contribution >= 0.6 is 0 Å². The zero-order chi connectivity index (χ0) is 30.6. The Hall–Kier alpha value is -5.34. The fourth-order valence-corrected chi connectivity index (χ4v) is 4.43. The lowest BCUT2D eigenvalue weighted by Gasteiger charge is -2.05. The van der Waals surface area contributed by atoms with Gasteiger partial charge in [-0.15, -0.1) is 5.11 Å². The molecule has 0 saturated heterocycles. The molecule has 0 atom stereocenters. The van der Waals surface area contributed by atoms with Gasteiger partial charge in [0, 0.05) is 6.07 Å². The van der Waals surface area contributed by atoms with Crippen LogP contribution in [0.15, 0.2) is 102 Å². The Morgan fingerprint density at radius 2 is 1.31 bits per heavy atom. The van der Waals surface area contributed by atoms with E-state index < -0.39 is 43.2 Å². The molecule has 0 radical (unpaired) electrons. The first-order valence-electron chi connectivity index (χ1n) is 12.2. The van der Waals surface area contributed by atoms with Crippen LogP contribution in [0.1, 0.15) is 27.0 Å². The molecule has 0 amide bonds. The summed E-state index contributed by atoms with van der Waals surface area (Å²) in [4.78, 5) is 36.9. The molecule has 0 saturated carbocycles. The molecular weight excluding hydrogens is 564 g/mol. The fourth-order valence-electron chi connectivity index (χ4n) is 3.72. The molecular formula is C28H24N6O7S. The van der Waals surface area contributed by atoms with Crippen molar-refractivity contribution in [1.29, 1.82) is 0 Å². The molecule has 4 aromatic rings. The number of benzene rings is 4. The van der Waals surface area contributed by atoms with Gasteiger partial charge in [-0.1, -0.05) is 23.8 Å². The summed E-state index contributed by atoms with van der Waals surface area (Å²) in [7, 11) is -4.52.